The van der Waals surface area contributed by atoms with E-state index < -0.39 is 0 Å². The maximum Gasteiger partial charge on any atom is 0.0991 e. The molecule has 29 heavy (non-hydrogen) atoms. The fourth-order valence-electron chi connectivity index (χ4n) is 3.37. The molecule has 0 spiro atoms. The number of aryl methyl sites for hydroxylation is 1. The first kappa shape index (κ1) is 20.4. The van der Waals surface area contributed by atoms with E-state index in [2.05, 4.69) is 71.1 Å². The normalized spacial score (nSPS) is 10.2. The predicted molar refractivity (Wildman–Crippen MR) is 119 cm³/mol. The SMILES string of the molecule is Cc1cccc(-c2ccc(Cn3cncc3Cc3ccc(C#N)cc3)cc2)c1.Cl. The van der Waals surface area contributed by atoms with Gasteiger partial charge in [-0.15, -0.1) is 12.4 Å². The molecule has 3 nitrogen and oxygen atoms in total. The Morgan fingerprint density at radius 2 is 1.62 bits per heavy atom. The highest BCUT2D eigenvalue weighted by molar-refractivity contribution is 5.85. The van der Waals surface area contributed by atoms with Crippen molar-refractivity contribution in [1.29, 1.82) is 5.26 Å². The molecule has 0 N–H and O–H groups in total. The first-order valence-electron chi connectivity index (χ1n) is 9.35. The largest absolute Gasteiger partial charge is 0.330 e. The molecular formula is C25H22ClN3. The van der Waals surface area contributed by atoms with E-state index in [1.807, 2.05) is 36.8 Å². The lowest BCUT2D eigenvalue weighted by atomic mass is 10.0. The molecule has 1 aromatic heterocycles. The van der Waals surface area contributed by atoms with E-state index in [1.165, 1.54) is 27.8 Å². The molecule has 0 amide bonds. The van der Waals surface area contributed by atoms with Crippen LogP contribution in [0.15, 0.2) is 85.3 Å². The van der Waals surface area contributed by atoms with Crippen molar-refractivity contribution in [1.82, 2.24) is 9.55 Å². The van der Waals surface area contributed by atoms with Crippen LogP contribution in [-0.4, -0.2) is 9.55 Å². The number of hydrogen-bond donors (Lipinski definition) is 0. The number of nitriles is 1. The molecule has 0 aliphatic rings. The molecule has 4 aromatic rings. The van der Waals surface area contributed by atoms with E-state index in [0.29, 0.717) is 5.56 Å². The van der Waals surface area contributed by atoms with Gasteiger partial charge in [-0.1, -0.05) is 66.2 Å². The molecule has 0 unspecified atom stereocenters. The first-order chi connectivity index (χ1) is 13.7. The maximum atomic E-state index is 8.94. The van der Waals surface area contributed by atoms with E-state index in [1.54, 1.807) is 0 Å². The van der Waals surface area contributed by atoms with Crippen molar-refractivity contribution in [2.75, 3.05) is 0 Å². The Kier molecular flexibility index (Phi) is 6.49. The highest BCUT2D eigenvalue weighted by Crippen LogP contribution is 2.21. The molecule has 0 atom stereocenters. The Balaban J connectivity index is 0.00000240. The zero-order valence-corrected chi connectivity index (χ0v) is 17.1. The van der Waals surface area contributed by atoms with E-state index in [4.69, 9.17) is 5.26 Å². The van der Waals surface area contributed by atoms with Gasteiger partial charge >= 0.3 is 0 Å². The molecule has 0 radical (unpaired) electrons. The average molecular weight is 400 g/mol. The second-order valence-electron chi connectivity index (χ2n) is 7.06. The summed E-state index contributed by atoms with van der Waals surface area (Å²) in [5.41, 5.74) is 8.02. The van der Waals surface area contributed by atoms with Crippen molar-refractivity contribution in [2.45, 2.75) is 19.9 Å². The molecule has 0 saturated carbocycles. The zero-order chi connectivity index (χ0) is 19.3. The molecule has 1 heterocycles. The van der Waals surface area contributed by atoms with Gasteiger partial charge in [-0.05, 0) is 41.3 Å². The minimum atomic E-state index is 0. The first-order valence-corrected chi connectivity index (χ1v) is 9.35. The molecule has 4 heteroatoms. The average Bonchev–Trinajstić information content (AvgIpc) is 3.16. The summed E-state index contributed by atoms with van der Waals surface area (Å²) in [6, 6.07) is 27.2. The smallest absolute Gasteiger partial charge is 0.0991 e. The van der Waals surface area contributed by atoms with Gasteiger partial charge in [-0.3, -0.25) is 0 Å². The van der Waals surface area contributed by atoms with Gasteiger partial charge in [0.1, 0.15) is 0 Å². The highest BCUT2D eigenvalue weighted by Gasteiger charge is 2.06. The molecule has 4 rings (SSSR count). The van der Waals surface area contributed by atoms with Gasteiger partial charge in [0, 0.05) is 24.9 Å². The zero-order valence-electron chi connectivity index (χ0n) is 16.2. The third kappa shape index (κ3) is 4.93. The number of rotatable bonds is 5. The number of hydrogen-bond acceptors (Lipinski definition) is 2. The van der Waals surface area contributed by atoms with Gasteiger partial charge in [0.15, 0.2) is 0 Å². The van der Waals surface area contributed by atoms with E-state index in [9.17, 15) is 0 Å². The lowest BCUT2D eigenvalue weighted by molar-refractivity contribution is 0.753. The van der Waals surface area contributed by atoms with Gasteiger partial charge in [0.25, 0.3) is 0 Å². The fraction of sp³-hybridized carbons (Fsp3) is 0.120. The van der Waals surface area contributed by atoms with Crippen LogP contribution in [0.3, 0.4) is 0 Å². The summed E-state index contributed by atoms with van der Waals surface area (Å²) >= 11 is 0. The summed E-state index contributed by atoms with van der Waals surface area (Å²) in [6.45, 7) is 2.91. The van der Waals surface area contributed by atoms with Gasteiger partial charge < -0.3 is 4.57 Å². The number of nitrogens with zero attached hydrogens (tertiary/aromatic N) is 3. The Bertz CT molecular complexity index is 1120. The summed E-state index contributed by atoms with van der Waals surface area (Å²) < 4.78 is 2.18. The predicted octanol–water partition coefficient (Wildman–Crippen LogP) is 5.79. The lowest BCUT2D eigenvalue weighted by Crippen LogP contribution is -2.04. The van der Waals surface area contributed by atoms with E-state index >= 15 is 0 Å². The van der Waals surface area contributed by atoms with Crippen LogP contribution < -0.4 is 0 Å². The standard InChI is InChI=1S/C25H21N3.ClH/c1-19-3-2-4-24(13-19)23-11-9-22(10-12-23)17-28-18-27-16-25(28)14-20-5-7-21(15-26)8-6-20;/h2-13,16,18H,14,17H2,1H3;1H. The summed E-state index contributed by atoms with van der Waals surface area (Å²) in [5, 5.41) is 8.94. The minimum Gasteiger partial charge on any atom is -0.330 e. The Hall–Kier alpha value is -3.35. The van der Waals surface area contributed by atoms with Crippen LogP contribution in [-0.2, 0) is 13.0 Å². The van der Waals surface area contributed by atoms with Crippen molar-refractivity contribution in [3.8, 4) is 17.2 Å². The minimum absolute atomic E-state index is 0. The number of halogens is 1. The van der Waals surface area contributed by atoms with Crippen LogP contribution in [0.25, 0.3) is 11.1 Å². The van der Waals surface area contributed by atoms with Gasteiger partial charge in [0.05, 0.1) is 18.0 Å². The summed E-state index contributed by atoms with van der Waals surface area (Å²) in [4.78, 5) is 4.33. The highest BCUT2D eigenvalue weighted by atomic mass is 35.5. The maximum absolute atomic E-state index is 8.94. The lowest BCUT2D eigenvalue weighted by Gasteiger charge is -2.10. The van der Waals surface area contributed by atoms with Crippen molar-refractivity contribution in [2.24, 2.45) is 0 Å². The van der Waals surface area contributed by atoms with Crippen LogP contribution in [0.4, 0.5) is 0 Å². The number of benzene rings is 3. The molecule has 144 valence electrons. The van der Waals surface area contributed by atoms with Crippen molar-refractivity contribution in [3.63, 3.8) is 0 Å². The molecule has 0 fully saturated rings. The van der Waals surface area contributed by atoms with Gasteiger partial charge in [-0.25, -0.2) is 4.98 Å². The third-order valence-corrected chi connectivity index (χ3v) is 4.93. The molecule has 0 aliphatic carbocycles. The summed E-state index contributed by atoms with van der Waals surface area (Å²) in [7, 11) is 0. The second-order valence-corrected chi connectivity index (χ2v) is 7.06. The quantitative estimate of drug-likeness (QED) is 0.426. The van der Waals surface area contributed by atoms with Crippen molar-refractivity contribution >= 4 is 12.4 Å². The fourth-order valence-corrected chi connectivity index (χ4v) is 3.37. The van der Waals surface area contributed by atoms with Crippen LogP contribution in [0, 0.1) is 18.3 Å². The topological polar surface area (TPSA) is 41.6 Å². The third-order valence-electron chi connectivity index (χ3n) is 4.93. The van der Waals surface area contributed by atoms with Crippen LogP contribution in [0.5, 0.6) is 0 Å². The molecule has 0 bridgehead atoms. The van der Waals surface area contributed by atoms with Crippen molar-refractivity contribution in [3.05, 3.63) is 113 Å². The van der Waals surface area contributed by atoms with E-state index in [0.717, 1.165) is 18.7 Å². The monoisotopic (exact) mass is 399 g/mol. The van der Waals surface area contributed by atoms with Gasteiger partial charge in [-0.2, -0.15) is 5.26 Å². The number of aromatic nitrogens is 2. The molecule has 0 saturated heterocycles. The molecular weight excluding hydrogens is 378 g/mol. The summed E-state index contributed by atoms with van der Waals surface area (Å²) in [5.74, 6) is 0. The van der Waals surface area contributed by atoms with E-state index in [-0.39, 0.29) is 12.4 Å². The molecule has 0 aliphatic heterocycles. The number of imidazole rings is 1. The van der Waals surface area contributed by atoms with Crippen LogP contribution in [0.2, 0.25) is 0 Å². The van der Waals surface area contributed by atoms with Gasteiger partial charge in [0.2, 0.25) is 0 Å². The van der Waals surface area contributed by atoms with Crippen LogP contribution >= 0.6 is 12.4 Å². The Morgan fingerprint density at radius 1 is 0.897 bits per heavy atom. The Labute approximate surface area is 177 Å². The summed E-state index contributed by atoms with van der Waals surface area (Å²) in [6.07, 6.45) is 4.60. The van der Waals surface area contributed by atoms with Crippen molar-refractivity contribution < 1.29 is 0 Å². The Morgan fingerprint density at radius 3 is 2.31 bits per heavy atom. The van der Waals surface area contributed by atoms with Crippen LogP contribution in [0.1, 0.15) is 27.9 Å². The molecule has 3 aromatic carbocycles. The second kappa shape index (κ2) is 9.23.